The number of para-hydroxylation sites is 4. The average Bonchev–Trinajstić information content (AvgIpc) is 3.73. The Labute approximate surface area is 337 Å². The van der Waals surface area contributed by atoms with Crippen molar-refractivity contribution < 1.29 is 64.8 Å². The summed E-state index contributed by atoms with van der Waals surface area (Å²) in [4.78, 5) is 0. The lowest BCUT2D eigenvalue weighted by Gasteiger charge is -2.03. The van der Waals surface area contributed by atoms with E-state index in [2.05, 4.69) is 40.9 Å². The molecule has 0 aliphatic rings. The van der Waals surface area contributed by atoms with Crippen LogP contribution in [0.5, 0.6) is 0 Å². The van der Waals surface area contributed by atoms with Gasteiger partial charge in [-0.2, -0.15) is 19.4 Å². The van der Waals surface area contributed by atoms with E-state index in [1.165, 1.54) is 28.1 Å². The summed E-state index contributed by atoms with van der Waals surface area (Å²) in [6, 6.07) is 21.4. The average molecular weight is 826 g/mol. The zero-order chi connectivity index (χ0) is 39.0. The number of amidine groups is 1. The molecule has 2 unspecified atom stereocenters. The molecule has 4 heterocycles. The molecule has 6 aromatic rings. The van der Waals surface area contributed by atoms with E-state index in [0.29, 0.717) is 51.7 Å². The van der Waals surface area contributed by atoms with Gasteiger partial charge in [0.15, 0.2) is 23.2 Å². The quantitative estimate of drug-likeness (QED) is 0.0167. The van der Waals surface area contributed by atoms with Gasteiger partial charge in [0.1, 0.15) is 13.1 Å². The normalized spacial score (nSPS) is 12.7. The maximum Gasteiger partial charge on any atom is 0.287 e. The second-order valence-corrected chi connectivity index (χ2v) is 11.7. The van der Waals surface area contributed by atoms with E-state index in [1.54, 1.807) is 92.4 Å². The first-order valence-corrected chi connectivity index (χ1v) is 17.0. The van der Waals surface area contributed by atoms with Crippen molar-refractivity contribution >= 4 is 34.2 Å². The number of benzene rings is 2. The highest BCUT2D eigenvalue weighted by Gasteiger charge is 2.22. The van der Waals surface area contributed by atoms with Crippen LogP contribution in [-0.4, -0.2) is 87.9 Å². The minimum absolute atomic E-state index is 0. The Morgan fingerprint density at radius 3 is 1.61 bits per heavy atom. The fraction of sp³-hybridized carbons (Fsp3) is 0.257. The number of aliphatic hydroxyl groups excluding tert-OH is 4. The number of hydrogen-bond acceptors (Lipinski definition) is 12. The first-order chi connectivity index (χ1) is 26.8. The molecule has 0 saturated carbocycles. The SMILES string of the molecule is CC(N=NCC(O)[n+]1cn(O)c2ccccc21)=NN=c1ccn(CCO)cc1.OCCn1ccc(=NN=CN=NCC(O)[n+]2cn(O)c3ccccc32)cc1.[Cl-].[Cl-]. The van der Waals surface area contributed by atoms with E-state index in [0.717, 1.165) is 9.46 Å². The van der Waals surface area contributed by atoms with Crippen molar-refractivity contribution in [3.63, 3.8) is 0 Å². The first kappa shape index (κ1) is 45.2. The van der Waals surface area contributed by atoms with Crippen LogP contribution >= 0.6 is 0 Å². The summed E-state index contributed by atoms with van der Waals surface area (Å²) in [5.74, 6) is 0.342. The number of aromatic nitrogens is 6. The Hall–Kier alpha value is -6.16. The van der Waals surface area contributed by atoms with Crippen LogP contribution in [0, 0.1) is 0 Å². The van der Waals surface area contributed by atoms with Crippen molar-refractivity contribution in [3.05, 3.63) is 121 Å². The highest BCUT2D eigenvalue weighted by Crippen LogP contribution is 2.12. The Balaban J connectivity index is 0.000000295. The van der Waals surface area contributed by atoms with Crippen LogP contribution < -0.4 is 44.7 Å². The molecule has 6 N–H and O–H groups in total. The maximum atomic E-state index is 10.3. The zero-order valence-corrected chi connectivity index (χ0v) is 32.1. The number of fused-ring (bicyclic) bond motifs is 2. The lowest BCUT2D eigenvalue weighted by molar-refractivity contribution is -0.736. The van der Waals surface area contributed by atoms with Crippen LogP contribution in [0.25, 0.3) is 22.1 Å². The molecule has 0 aliphatic heterocycles. The minimum Gasteiger partial charge on any atom is -1.00 e. The second kappa shape index (κ2) is 23.0. The summed E-state index contributed by atoms with van der Waals surface area (Å²) in [6.07, 6.45) is 9.16. The van der Waals surface area contributed by atoms with Gasteiger partial charge in [-0.3, -0.25) is 0 Å². The summed E-state index contributed by atoms with van der Waals surface area (Å²) >= 11 is 0. The molecule has 6 rings (SSSR count). The van der Waals surface area contributed by atoms with Crippen molar-refractivity contribution in [1.29, 1.82) is 0 Å². The lowest BCUT2D eigenvalue weighted by atomic mass is 10.3. The second-order valence-electron chi connectivity index (χ2n) is 11.7. The van der Waals surface area contributed by atoms with Crippen molar-refractivity contribution in [2.24, 2.45) is 40.9 Å². The summed E-state index contributed by atoms with van der Waals surface area (Å²) in [6.45, 7) is 2.83. The van der Waals surface area contributed by atoms with Gasteiger partial charge in [0.05, 0.1) is 23.9 Å². The maximum absolute atomic E-state index is 10.3. The molecule has 22 heteroatoms. The molecule has 0 radical (unpaired) electrons. The predicted octanol–water partition coefficient (Wildman–Crippen LogP) is -4.71. The summed E-state index contributed by atoms with van der Waals surface area (Å²) in [5.41, 5.74) is 2.51. The lowest BCUT2D eigenvalue weighted by Crippen LogP contribution is -3.00. The van der Waals surface area contributed by atoms with Gasteiger partial charge in [0.2, 0.25) is 23.5 Å². The van der Waals surface area contributed by atoms with Gasteiger partial charge in [-0.15, -0.1) is 30.6 Å². The Bertz CT molecular complexity index is 2400. The summed E-state index contributed by atoms with van der Waals surface area (Å²) < 4.78 is 8.56. The molecule has 0 fully saturated rings. The monoisotopic (exact) mass is 824 g/mol. The van der Waals surface area contributed by atoms with Crippen molar-refractivity contribution in [1.82, 2.24) is 18.6 Å². The van der Waals surface area contributed by atoms with E-state index < -0.39 is 12.5 Å². The van der Waals surface area contributed by atoms with Crippen molar-refractivity contribution in [2.75, 3.05) is 26.3 Å². The smallest absolute Gasteiger partial charge is 0.287 e. The van der Waals surface area contributed by atoms with Crippen LogP contribution in [0.3, 0.4) is 0 Å². The highest BCUT2D eigenvalue weighted by molar-refractivity contribution is 5.79. The van der Waals surface area contributed by atoms with Gasteiger partial charge in [0, 0.05) is 37.9 Å². The van der Waals surface area contributed by atoms with Crippen LogP contribution in [0.2, 0.25) is 0 Å². The fourth-order valence-corrected chi connectivity index (χ4v) is 5.09. The van der Waals surface area contributed by atoms with Crippen molar-refractivity contribution in [2.45, 2.75) is 32.5 Å². The molecule has 0 amide bonds. The minimum atomic E-state index is -0.983. The van der Waals surface area contributed by atoms with Crippen LogP contribution in [0.4, 0.5) is 0 Å². The van der Waals surface area contributed by atoms with Crippen LogP contribution in [0.15, 0.2) is 151 Å². The number of azo groups is 2. The molecular formula is C35H42Cl2N14O6. The highest BCUT2D eigenvalue weighted by atomic mass is 35.5. The number of aliphatic hydroxyl groups is 4. The van der Waals surface area contributed by atoms with E-state index in [9.17, 15) is 20.6 Å². The molecule has 4 aromatic heterocycles. The zero-order valence-electron chi connectivity index (χ0n) is 30.6. The molecule has 0 bridgehead atoms. The molecule has 0 aliphatic carbocycles. The molecule has 0 saturated heterocycles. The van der Waals surface area contributed by atoms with Gasteiger partial charge in [-0.1, -0.05) is 24.3 Å². The van der Waals surface area contributed by atoms with Gasteiger partial charge in [-0.25, -0.2) is 0 Å². The number of imidazole rings is 2. The Kier molecular flexibility index (Phi) is 18.3. The predicted molar refractivity (Wildman–Crippen MR) is 196 cm³/mol. The van der Waals surface area contributed by atoms with Crippen LogP contribution in [0.1, 0.15) is 19.4 Å². The standard InChI is InChI=1S/C18H22N7O3.C17H20N7O3.2ClH/c1-14(21-22-15-6-8-23(9-7-15)10-11-26)20-19-12-18(27)24-13-25(28)17-5-3-2-4-16(17)24;25-10-9-22-7-5-14(6-8-22)21-20-12-19-18-11-17(26)23-13-24(27)16-4-2-1-3-15(16)23;;/h2-9,13,18,26-28H,10-12H2,1H3;1-8,12-13,17,25-27H,9-11H2;2*1H/q2*+1;;/p-2. The molecule has 0 spiro atoms. The summed E-state index contributed by atoms with van der Waals surface area (Å²) in [7, 11) is 0. The van der Waals surface area contributed by atoms with Gasteiger partial charge >= 0.3 is 0 Å². The van der Waals surface area contributed by atoms with E-state index in [-0.39, 0.29) is 51.1 Å². The molecule has 57 heavy (non-hydrogen) atoms. The summed E-state index contributed by atoms with van der Waals surface area (Å²) in [5, 5.41) is 90.6. The number of pyridine rings is 2. The largest absolute Gasteiger partial charge is 1.00 e. The number of hydrogen-bond donors (Lipinski definition) is 6. The first-order valence-electron chi connectivity index (χ1n) is 17.0. The Morgan fingerprint density at radius 2 is 1.12 bits per heavy atom. The number of halogens is 2. The van der Waals surface area contributed by atoms with Gasteiger partial charge in [-0.05, 0) is 64.9 Å². The van der Waals surface area contributed by atoms with E-state index >= 15 is 0 Å². The van der Waals surface area contributed by atoms with Crippen LogP contribution in [-0.2, 0) is 13.1 Å². The molecule has 302 valence electrons. The van der Waals surface area contributed by atoms with E-state index in [1.807, 2.05) is 21.3 Å². The third-order valence-corrected chi connectivity index (χ3v) is 7.76. The topological polar surface area (TPSA) is 248 Å². The van der Waals surface area contributed by atoms with Gasteiger partial charge in [0.25, 0.3) is 12.7 Å². The fourth-order valence-electron chi connectivity index (χ4n) is 5.09. The Morgan fingerprint density at radius 1 is 0.667 bits per heavy atom. The third-order valence-electron chi connectivity index (χ3n) is 7.76. The number of nitrogens with zero attached hydrogens (tertiary/aromatic N) is 14. The van der Waals surface area contributed by atoms with E-state index in [4.69, 9.17) is 10.2 Å². The van der Waals surface area contributed by atoms with Crippen molar-refractivity contribution in [3.8, 4) is 0 Å². The molecule has 2 atom stereocenters. The molecule has 20 nitrogen and oxygen atoms in total. The van der Waals surface area contributed by atoms with Gasteiger partial charge < -0.3 is 64.8 Å². The molecular weight excluding hydrogens is 783 g/mol. The molecule has 2 aromatic carbocycles. The third kappa shape index (κ3) is 13.0. The number of rotatable bonds is 13.